The van der Waals surface area contributed by atoms with Gasteiger partial charge in [0.2, 0.25) is 0 Å². The van der Waals surface area contributed by atoms with Gasteiger partial charge in [-0.3, -0.25) is 0 Å². The first kappa shape index (κ1) is 13.0. The fourth-order valence-corrected chi connectivity index (χ4v) is 1.43. The minimum atomic E-state index is -0.429. The first-order chi connectivity index (χ1) is 7.47. The molecule has 1 N–H and O–H groups in total. The Bertz CT molecular complexity index is 255. The maximum Gasteiger partial charge on any atom is 0.407 e. The van der Waals surface area contributed by atoms with Gasteiger partial charge >= 0.3 is 6.09 Å². The lowest BCUT2D eigenvalue weighted by atomic mass is 10.2. The van der Waals surface area contributed by atoms with Gasteiger partial charge in [-0.1, -0.05) is 12.2 Å². The molecule has 4 heteroatoms. The standard InChI is InChI=1S/C12H21NO3/c1-12(2,3)16-11(14)13-8-4-6-10-7-5-9-15-10/h5,7,10H,4,6,8-9H2,1-3H3,(H,13,14). The average molecular weight is 227 g/mol. The van der Waals surface area contributed by atoms with Crippen LogP contribution in [0.3, 0.4) is 0 Å². The summed E-state index contributed by atoms with van der Waals surface area (Å²) in [6, 6.07) is 0. The lowest BCUT2D eigenvalue weighted by molar-refractivity contribution is 0.0523. The van der Waals surface area contributed by atoms with Gasteiger partial charge in [-0.05, 0) is 33.6 Å². The SMILES string of the molecule is CC(C)(C)OC(=O)NCCCC1C=CCO1. The minimum absolute atomic E-state index is 0.223. The Morgan fingerprint density at radius 2 is 2.31 bits per heavy atom. The fourth-order valence-electron chi connectivity index (χ4n) is 1.43. The molecule has 0 aromatic carbocycles. The summed E-state index contributed by atoms with van der Waals surface area (Å²) in [4.78, 5) is 11.3. The highest BCUT2D eigenvalue weighted by atomic mass is 16.6. The summed E-state index contributed by atoms with van der Waals surface area (Å²) in [5.74, 6) is 0. The van der Waals surface area contributed by atoms with Crippen molar-refractivity contribution < 1.29 is 14.3 Å². The van der Waals surface area contributed by atoms with Crippen LogP contribution in [0.1, 0.15) is 33.6 Å². The van der Waals surface area contributed by atoms with Crippen molar-refractivity contribution in [3.63, 3.8) is 0 Å². The Hall–Kier alpha value is -1.03. The molecule has 4 nitrogen and oxygen atoms in total. The molecule has 1 aliphatic heterocycles. The molecule has 0 aromatic heterocycles. The Labute approximate surface area is 97.0 Å². The van der Waals surface area contributed by atoms with Crippen LogP contribution in [-0.2, 0) is 9.47 Å². The molecule has 1 amide bonds. The third-order valence-corrected chi connectivity index (χ3v) is 2.09. The maximum atomic E-state index is 11.3. The van der Waals surface area contributed by atoms with Crippen LogP contribution in [0.25, 0.3) is 0 Å². The van der Waals surface area contributed by atoms with Crippen molar-refractivity contribution in [3.8, 4) is 0 Å². The Morgan fingerprint density at radius 1 is 1.56 bits per heavy atom. The van der Waals surface area contributed by atoms with Crippen LogP contribution in [0.5, 0.6) is 0 Å². The van der Waals surface area contributed by atoms with E-state index in [9.17, 15) is 4.79 Å². The molecule has 0 aliphatic carbocycles. The highest BCUT2D eigenvalue weighted by Gasteiger charge is 2.15. The minimum Gasteiger partial charge on any atom is -0.444 e. The second kappa shape index (κ2) is 5.89. The van der Waals surface area contributed by atoms with Crippen LogP contribution in [0.2, 0.25) is 0 Å². The second-order valence-electron chi connectivity index (χ2n) is 4.87. The quantitative estimate of drug-likeness (QED) is 0.592. The van der Waals surface area contributed by atoms with Gasteiger partial charge in [0.25, 0.3) is 0 Å². The summed E-state index contributed by atoms with van der Waals surface area (Å²) in [6.45, 7) is 6.89. The lowest BCUT2D eigenvalue weighted by Gasteiger charge is -2.19. The van der Waals surface area contributed by atoms with Crippen LogP contribution in [-0.4, -0.2) is 30.9 Å². The van der Waals surface area contributed by atoms with Crippen molar-refractivity contribution in [2.45, 2.75) is 45.3 Å². The lowest BCUT2D eigenvalue weighted by Crippen LogP contribution is -2.33. The van der Waals surface area contributed by atoms with Gasteiger partial charge in [0.1, 0.15) is 5.60 Å². The van der Waals surface area contributed by atoms with E-state index in [1.54, 1.807) is 0 Å². The molecule has 0 bridgehead atoms. The van der Waals surface area contributed by atoms with Gasteiger partial charge in [-0.25, -0.2) is 4.79 Å². The Morgan fingerprint density at radius 3 is 2.88 bits per heavy atom. The van der Waals surface area contributed by atoms with E-state index < -0.39 is 5.60 Å². The number of hydrogen-bond acceptors (Lipinski definition) is 3. The normalized spacial score (nSPS) is 19.8. The monoisotopic (exact) mass is 227 g/mol. The van der Waals surface area contributed by atoms with Gasteiger partial charge in [0, 0.05) is 6.54 Å². The first-order valence-electron chi connectivity index (χ1n) is 5.72. The molecular weight excluding hydrogens is 206 g/mol. The fraction of sp³-hybridized carbons (Fsp3) is 0.750. The average Bonchev–Trinajstić information content (AvgIpc) is 2.62. The predicted octanol–water partition coefficient (Wildman–Crippen LogP) is 2.25. The molecule has 1 atom stereocenters. The molecule has 0 radical (unpaired) electrons. The van der Waals surface area contributed by atoms with Crippen molar-refractivity contribution in [1.82, 2.24) is 5.32 Å². The number of hydrogen-bond donors (Lipinski definition) is 1. The summed E-state index contributed by atoms with van der Waals surface area (Å²) >= 11 is 0. The zero-order valence-electron chi connectivity index (χ0n) is 10.3. The number of amides is 1. The summed E-state index contributed by atoms with van der Waals surface area (Å²) in [7, 11) is 0. The van der Waals surface area contributed by atoms with Crippen molar-refractivity contribution in [2.75, 3.05) is 13.2 Å². The third-order valence-electron chi connectivity index (χ3n) is 2.09. The summed E-state index contributed by atoms with van der Waals surface area (Å²) in [5, 5.41) is 2.72. The molecule has 1 unspecified atom stereocenters. The van der Waals surface area contributed by atoms with Gasteiger partial charge in [0.05, 0.1) is 12.7 Å². The zero-order valence-corrected chi connectivity index (χ0v) is 10.3. The molecule has 0 fully saturated rings. The van der Waals surface area contributed by atoms with Gasteiger partial charge in [-0.15, -0.1) is 0 Å². The zero-order chi connectivity index (χ0) is 12.0. The number of rotatable bonds is 4. The van der Waals surface area contributed by atoms with Crippen molar-refractivity contribution in [1.29, 1.82) is 0 Å². The first-order valence-corrected chi connectivity index (χ1v) is 5.72. The van der Waals surface area contributed by atoms with Crippen molar-refractivity contribution in [3.05, 3.63) is 12.2 Å². The summed E-state index contributed by atoms with van der Waals surface area (Å²) in [6.07, 6.45) is 5.79. The van der Waals surface area contributed by atoms with Crippen molar-refractivity contribution >= 4 is 6.09 Å². The Kier molecular flexibility index (Phi) is 4.80. The van der Waals surface area contributed by atoms with Crippen LogP contribution in [0.4, 0.5) is 4.79 Å². The van der Waals surface area contributed by atoms with Crippen molar-refractivity contribution in [2.24, 2.45) is 0 Å². The summed E-state index contributed by atoms with van der Waals surface area (Å²) < 4.78 is 10.5. The third kappa shape index (κ3) is 5.75. The van der Waals surface area contributed by atoms with Crippen LogP contribution < -0.4 is 5.32 Å². The molecule has 0 aromatic rings. The van der Waals surface area contributed by atoms with E-state index in [1.807, 2.05) is 26.8 Å². The predicted molar refractivity (Wildman–Crippen MR) is 62.4 cm³/mol. The highest BCUT2D eigenvalue weighted by Crippen LogP contribution is 2.09. The molecule has 1 heterocycles. The van der Waals surface area contributed by atoms with Gasteiger partial charge in [0.15, 0.2) is 0 Å². The van der Waals surface area contributed by atoms with E-state index in [0.29, 0.717) is 13.2 Å². The molecule has 0 saturated heterocycles. The van der Waals surface area contributed by atoms with E-state index >= 15 is 0 Å². The number of carbonyl (C=O) groups is 1. The molecule has 92 valence electrons. The smallest absolute Gasteiger partial charge is 0.407 e. The van der Waals surface area contributed by atoms with Crippen LogP contribution >= 0.6 is 0 Å². The number of nitrogens with one attached hydrogen (secondary N) is 1. The largest absolute Gasteiger partial charge is 0.444 e. The second-order valence-corrected chi connectivity index (χ2v) is 4.87. The molecular formula is C12H21NO3. The number of carbonyl (C=O) groups excluding carboxylic acids is 1. The number of alkyl carbamates (subject to hydrolysis) is 1. The van der Waals surface area contributed by atoms with E-state index in [2.05, 4.69) is 11.4 Å². The highest BCUT2D eigenvalue weighted by molar-refractivity contribution is 5.67. The molecule has 0 saturated carbocycles. The molecule has 1 aliphatic rings. The Balaban J connectivity index is 2.02. The summed E-state index contributed by atoms with van der Waals surface area (Å²) in [5.41, 5.74) is -0.429. The van der Waals surface area contributed by atoms with E-state index in [0.717, 1.165) is 12.8 Å². The molecule has 16 heavy (non-hydrogen) atoms. The van der Waals surface area contributed by atoms with Gasteiger partial charge < -0.3 is 14.8 Å². The van der Waals surface area contributed by atoms with Crippen LogP contribution in [0.15, 0.2) is 12.2 Å². The van der Waals surface area contributed by atoms with Gasteiger partial charge in [-0.2, -0.15) is 0 Å². The van der Waals surface area contributed by atoms with E-state index in [1.165, 1.54) is 0 Å². The van der Waals surface area contributed by atoms with E-state index in [-0.39, 0.29) is 12.2 Å². The van der Waals surface area contributed by atoms with E-state index in [4.69, 9.17) is 9.47 Å². The number of ether oxygens (including phenoxy) is 2. The molecule has 1 rings (SSSR count). The molecule has 0 spiro atoms. The maximum absolute atomic E-state index is 11.3. The van der Waals surface area contributed by atoms with Crippen LogP contribution in [0, 0.1) is 0 Å². The topological polar surface area (TPSA) is 47.6 Å².